The second kappa shape index (κ2) is 10.6. The molecule has 7 nitrogen and oxygen atoms in total. The van der Waals surface area contributed by atoms with E-state index in [1.54, 1.807) is 25.4 Å². The van der Waals surface area contributed by atoms with E-state index in [-0.39, 0.29) is 17.6 Å². The number of piperidine rings is 1. The van der Waals surface area contributed by atoms with Crippen LogP contribution in [-0.2, 0) is 17.8 Å². The zero-order valence-electron chi connectivity index (χ0n) is 17.3. The van der Waals surface area contributed by atoms with Crippen LogP contribution in [0.3, 0.4) is 0 Å². The van der Waals surface area contributed by atoms with Crippen LogP contribution >= 0.6 is 0 Å². The first-order valence-corrected chi connectivity index (χ1v) is 10.2. The molecule has 4 N–H and O–H groups in total. The van der Waals surface area contributed by atoms with Gasteiger partial charge >= 0.3 is 0 Å². The van der Waals surface area contributed by atoms with Crippen molar-refractivity contribution >= 4 is 17.7 Å². The molecule has 0 saturated carbocycles. The monoisotopic (exact) mass is 412 g/mol. The first-order valence-electron chi connectivity index (χ1n) is 10.2. The van der Waals surface area contributed by atoms with Gasteiger partial charge in [-0.25, -0.2) is 9.37 Å². The number of carbonyl (C=O) groups is 1. The third-order valence-corrected chi connectivity index (χ3v) is 5.35. The number of benzene rings is 1. The second-order valence-corrected chi connectivity index (χ2v) is 7.38. The highest BCUT2D eigenvalue weighted by Crippen LogP contribution is 2.24. The molecular weight excluding hydrogens is 383 g/mol. The number of aliphatic imine (C=N–C) groups is 1. The third kappa shape index (κ3) is 5.92. The maximum absolute atomic E-state index is 13.0. The maximum Gasteiger partial charge on any atom is 0.220 e. The number of halogens is 1. The summed E-state index contributed by atoms with van der Waals surface area (Å²) in [5.41, 5.74) is 7.57. The van der Waals surface area contributed by atoms with Crippen LogP contribution in [0.2, 0.25) is 0 Å². The summed E-state index contributed by atoms with van der Waals surface area (Å²) in [5.74, 6) is 1.13. The van der Waals surface area contributed by atoms with Crippen molar-refractivity contribution in [3.63, 3.8) is 0 Å². The van der Waals surface area contributed by atoms with Crippen molar-refractivity contribution < 1.29 is 9.18 Å². The number of pyridine rings is 1. The molecule has 1 amide bonds. The summed E-state index contributed by atoms with van der Waals surface area (Å²) in [6.45, 7) is 2.80. The van der Waals surface area contributed by atoms with Crippen molar-refractivity contribution in [2.45, 2.75) is 25.8 Å². The molecular formula is C22H29FN6O. The number of carbonyl (C=O) groups excluding carboxylic acids is 1. The van der Waals surface area contributed by atoms with E-state index >= 15 is 0 Å². The zero-order chi connectivity index (χ0) is 21.3. The fourth-order valence-corrected chi connectivity index (χ4v) is 3.60. The molecule has 0 bridgehead atoms. The Morgan fingerprint density at radius 3 is 2.63 bits per heavy atom. The lowest BCUT2D eigenvalue weighted by molar-refractivity contribution is -0.122. The fourth-order valence-electron chi connectivity index (χ4n) is 3.60. The van der Waals surface area contributed by atoms with Crippen molar-refractivity contribution in [2.75, 3.05) is 31.6 Å². The predicted molar refractivity (Wildman–Crippen MR) is 117 cm³/mol. The van der Waals surface area contributed by atoms with Crippen LogP contribution < -0.4 is 21.3 Å². The van der Waals surface area contributed by atoms with Crippen LogP contribution in [0.15, 0.2) is 47.6 Å². The van der Waals surface area contributed by atoms with Crippen molar-refractivity contribution in [2.24, 2.45) is 16.6 Å². The lowest BCUT2D eigenvalue weighted by atomic mass is 9.96. The molecule has 1 saturated heterocycles. The molecule has 3 rings (SSSR count). The first-order chi connectivity index (χ1) is 14.6. The number of anilines is 1. The Morgan fingerprint density at radius 1 is 1.23 bits per heavy atom. The van der Waals surface area contributed by atoms with Gasteiger partial charge in [0.2, 0.25) is 5.91 Å². The molecule has 8 heteroatoms. The van der Waals surface area contributed by atoms with E-state index in [0.717, 1.165) is 49.3 Å². The van der Waals surface area contributed by atoms with Crippen LogP contribution in [0.25, 0.3) is 0 Å². The Balaban J connectivity index is 1.52. The zero-order valence-corrected chi connectivity index (χ0v) is 17.3. The van der Waals surface area contributed by atoms with Crippen molar-refractivity contribution in [3.8, 4) is 0 Å². The number of rotatable bonds is 7. The molecule has 0 radical (unpaired) electrons. The minimum atomic E-state index is -0.227. The summed E-state index contributed by atoms with van der Waals surface area (Å²) >= 11 is 0. The van der Waals surface area contributed by atoms with Crippen LogP contribution in [-0.4, -0.2) is 43.5 Å². The molecule has 1 aromatic heterocycles. The first kappa shape index (κ1) is 21.5. The van der Waals surface area contributed by atoms with Gasteiger partial charge in [-0.3, -0.25) is 9.79 Å². The molecule has 1 aliphatic rings. The van der Waals surface area contributed by atoms with Gasteiger partial charge in [0.25, 0.3) is 0 Å². The number of amides is 1. The van der Waals surface area contributed by atoms with E-state index in [4.69, 9.17) is 5.73 Å². The quantitative estimate of drug-likeness (QED) is 0.476. The third-order valence-electron chi connectivity index (χ3n) is 5.35. The number of hydrogen-bond donors (Lipinski definition) is 3. The van der Waals surface area contributed by atoms with Crippen LogP contribution in [0.5, 0.6) is 0 Å². The number of nitrogens with one attached hydrogen (secondary N) is 2. The number of nitrogens with zero attached hydrogens (tertiary/aromatic N) is 3. The number of aromatic nitrogens is 1. The van der Waals surface area contributed by atoms with E-state index in [1.165, 1.54) is 12.1 Å². The van der Waals surface area contributed by atoms with Crippen LogP contribution in [0.1, 0.15) is 24.0 Å². The van der Waals surface area contributed by atoms with Crippen molar-refractivity contribution in [3.05, 3.63) is 59.5 Å². The SMILES string of the molecule is CN=C(NCCc1ccc(F)cc1)NCc1cccnc1N1CCC(C(N)=O)CC1. The van der Waals surface area contributed by atoms with Crippen molar-refractivity contribution in [1.82, 2.24) is 15.6 Å². The Bertz CT molecular complexity index is 862. The Morgan fingerprint density at radius 2 is 1.97 bits per heavy atom. The van der Waals surface area contributed by atoms with Gasteiger partial charge in [0.05, 0.1) is 0 Å². The summed E-state index contributed by atoms with van der Waals surface area (Å²) in [6, 6.07) is 10.5. The smallest absolute Gasteiger partial charge is 0.220 e. The number of guanidine groups is 1. The van der Waals surface area contributed by atoms with Gasteiger partial charge in [0, 0.05) is 50.9 Å². The Labute approximate surface area is 176 Å². The van der Waals surface area contributed by atoms with E-state index in [9.17, 15) is 9.18 Å². The van der Waals surface area contributed by atoms with Crippen LogP contribution in [0, 0.1) is 11.7 Å². The van der Waals surface area contributed by atoms with Gasteiger partial charge in [-0.2, -0.15) is 0 Å². The standard InChI is InChI=1S/C22H29FN6O/c1-25-22(27-12-8-16-4-6-19(23)7-5-16)28-15-18-3-2-11-26-21(18)29-13-9-17(10-14-29)20(24)30/h2-7,11,17H,8-10,12-15H2,1H3,(H2,24,30)(H2,25,27,28). The van der Waals surface area contributed by atoms with Gasteiger partial charge in [0.1, 0.15) is 11.6 Å². The van der Waals surface area contributed by atoms with E-state index in [2.05, 4.69) is 25.5 Å². The predicted octanol–water partition coefficient (Wildman–Crippen LogP) is 1.83. The topological polar surface area (TPSA) is 95.6 Å². The minimum Gasteiger partial charge on any atom is -0.369 e. The highest BCUT2D eigenvalue weighted by Gasteiger charge is 2.24. The molecule has 1 fully saturated rings. The average Bonchev–Trinajstić information content (AvgIpc) is 2.77. The highest BCUT2D eigenvalue weighted by molar-refractivity contribution is 5.79. The van der Waals surface area contributed by atoms with E-state index in [1.807, 2.05) is 12.1 Å². The molecule has 0 aliphatic carbocycles. The summed E-state index contributed by atoms with van der Waals surface area (Å²) in [6.07, 6.45) is 4.07. The molecule has 0 atom stereocenters. The molecule has 160 valence electrons. The van der Waals surface area contributed by atoms with Gasteiger partial charge < -0.3 is 21.3 Å². The van der Waals surface area contributed by atoms with E-state index in [0.29, 0.717) is 19.0 Å². The summed E-state index contributed by atoms with van der Waals surface area (Å²) in [4.78, 5) is 22.5. The number of hydrogen-bond acceptors (Lipinski definition) is 4. The normalized spacial score (nSPS) is 15.1. The second-order valence-electron chi connectivity index (χ2n) is 7.38. The Kier molecular flexibility index (Phi) is 7.59. The maximum atomic E-state index is 13.0. The molecule has 0 spiro atoms. The highest BCUT2D eigenvalue weighted by atomic mass is 19.1. The van der Waals surface area contributed by atoms with E-state index < -0.39 is 0 Å². The van der Waals surface area contributed by atoms with Gasteiger partial charge in [-0.15, -0.1) is 0 Å². The average molecular weight is 413 g/mol. The molecule has 0 unspecified atom stereocenters. The summed E-state index contributed by atoms with van der Waals surface area (Å²) in [7, 11) is 1.73. The van der Waals surface area contributed by atoms with Crippen LogP contribution in [0.4, 0.5) is 10.2 Å². The molecule has 2 aromatic rings. The number of primary amides is 1. The molecule has 1 aliphatic heterocycles. The molecule has 30 heavy (non-hydrogen) atoms. The number of nitrogens with two attached hydrogens (primary N) is 1. The fraction of sp³-hybridized carbons (Fsp3) is 0.409. The van der Waals surface area contributed by atoms with Gasteiger partial charge in [-0.1, -0.05) is 18.2 Å². The lowest BCUT2D eigenvalue weighted by Gasteiger charge is -2.32. The summed E-state index contributed by atoms with van der Waals surface area (Å²) < 4.78 is 13.0. The molecule has 1 aromatic carbocycles. The lowest BCUT2D eigenvalue weighted by Crippen LogP contribution is -2.40. The Hall–Kier alpha value is -3.16. The molecule has 2 heterocycles. The van der Waals surface area contributed by atoms with Gasteiger partial charge in [-0.05, 0) is 43.0 Å². The van der Waals surface area contributed by atoms with Crippen molar-refractivity contribution in [1.29, 1.82) is 0 Å². The minimum absolute atomic E-state index is 0.0457. The largest absolute Gasteiger partial charge is 0.369 e. The van der Waals surface area contributed by atoms with Gasteiger partial charge in [0.15, 0.2) is 5.96 Å². The summed E-state index contributed by atoms with van der Waals surface area (Å²) in [5, 5.41) is 6.61.